The van der Waals surface area contributed by atoms with Crippen LogP contribution >= 0.6 is 0 Å². The molecule has 20 heavy (non-hydrogen) atoms. The lowest BCUT2D eigenvalue weighted by molar-refractivity contribution is 0.158. The summed E-state index contributed by atoms with van der Waals surface area (Å²) in [7, 11) is 0. The van der Waals surface area contributed by atoms with Gasteiger partial charge < -0.3 is 5.32 Å². The fraction of sp³-hybridized carbons (Fsp3) is 0.684. The predicted octanol–water partition coefficient (Wildman–Crippen LogP) is 4.90. The molecular formula is C19H31N. The van der Waals surface area contributed by atoms with Crippen molar-refractivity contribution in [2.45, 2.75) is 65.8 Å². The van der Waals surface area contributed by atoms with E-state index in [0.717, 1.165) is 12.5 Å². The van der Waals surface area contributed by atoms with Gasteiger partial charge in [0.2, 0.25) is 0 Å². The molecule has 0 saturated heterocycles. The molecule has 0 bridgehead atoms. The van der Waals surface area contributed by atoms with E-state index in [9.17, 15) is 0 Å². The summed E-state index contributed by atoms with van der Waals surface area (Å²) in [6.45, 7) is 12.7. The van der Waals surface area contributed by atoms with Crippen LogP contribution in [0.3, 0.4) is 0 Å². The van der Waals surface area contributed by atoms with Crippen LogP contribution < -0.4 is 5.32 Å². The number of hydrogen-bond acceptors (Lipinski definition) is 1. The van der Waals surface area contributed by atoms with Crippen LogP contribution in [0.5, 0.6) is 0 Å². The summed E-state index contributed by atoms with van der Waals surface area (Å²) in [5, 5.41) is 3.66. The first-order chi connectivity index (χ1) is 9.37. The molecule has 1 aromatic rings. The SMILES string of the molecule is Cc1cccc(C2CC(C)(C)CCC2CNC(C)C)c1. The van der Waals surface area contributed by atoms with Crippen LogP contribution in [-0.2, 0) is 0 Å². The number of nitrogens with one attached hydrogen (secondary N) is 1. The van der Waals surface area contributed by atoms with E-state index in [-0.39, 0.29) is 0 Å². The Labute approximate surface area is 125 Å². The van der Waals surface area contributed by atoms with Gasteiger partial charge in [-0.15, -0.1) is 0 Å². The number of aryl methyl sites for hydroxylation is 1. The Balaban J connectivity index is 2.17. The normalized spacial score (nSPS) is 25.9. The van der Waals surface area contributed by atoms with Crippen LogP contribution in [-0.4, -0.2) is 12.6 Å². The highest BCUT2D eigenvalue weighted by Crippen LogP contribution is 2.46. The molecule has 0 heterocycles. The molecule has 2 rings (SSSR count). The van der Waals surface area contributed by atoms with E-state index >= 15 is 0 Å². The third kappa shape index (κ3) is 4.09. The van der Waals surface area contributed by atoms with Gasteiger partial charge in [0.15, 0.2) is 0 Å². The van der Waals surface area contributed by atoms with Gasteiger partial charge in [-0.05, 0) is 55.5 Å². The summed E-state index contributed by atoms with van der Waals surface area (Å²) >= 11 is 0. The molecule has 2 atom stereocenters. The molecule has 0 spiro atoms. The van der Waals surface area contributed by atoms with Gasteiger partial charge in [0.25, 0.3) is 0 Å². The monoisotopic (exact) mass is 273 g/mol. The summed E-state index contributed by atoms with van der Waals surface area (Å²) in [5.74, 6) is 1.50. The van der Waals surface area contributed by atoms with E-state index in [2.05, 4.69) is 64.2 Å². The molecule has 1 aromatic carbocycles. The summed E-state index contributed by atoms with van der Waals surface area (Å²) < 4.78 is 0. The third-order valence-corrected chi connectivity index (χ3v) is 4.79. The summed E-state index contributed by atoms with van der Waals surface area (Å²) in [6.07, 6.45) is 4.03. The van der Waals surface area contributed by atoms with Crippen LogP contribution in [0.2, 0.25) is 0 Å². The van der Waals surface area contributed by atoms with Crippen molar-refractivity contribution in [2.24, 2.45) is 11.3 Å². The maximum absolute atomic E-state index is 3.66. The van der Waals surface area contributed by atoms with Crippen molar-refractivity contribution in [1.82, 2.24) is 5.32 Å². The zero-order chi connectivity index (χ0) is 14.8. The molecule has 112 valence electrons. The summed E-state index contributed by atoms with van der Waals surface area (Å²) in [6, 6.07) is 9.75. The average Bonchev–Trinajstić information content (AvgIpc) is 2.36. The van der Waals surface area contributed by atoms with E-state index in [1.165, 1.54) is 24.8 Å². The van der Waals surface area contributed by atoms with E-state index in [4.69, 9.17) is 0 Å². The number of rotatable bonds is 4. The Morgan fingerprint density at radius 1 is 1.30 bits per heavy atom. The van der Waals surface area contributed by atoms with E-state index in [1.807, 2.05) is 0 Å². The maximum atomic E-state index is 3.66. The van der Waals surface area contributed by atoms with Gasteiger partial charge in [-0.1, -0.05) is 57.5 Å². The molecule has 1 N–H and O–H groups in total. The van der Waals surface area contributed by atoms with Crippen molar-refractivity contribution in [2.75, 3.05) is 6.54 Å². The van der Waals surface area contributed by atoms with Gasteiger partial charge >= 0.3 is 0 Å². The predicted molar refractivity (Wildman–Crippen MR) is 88.2 cm³/mol. The highest BCUT2D eigenvalue weighted by molar-refractivity contribution is 5.27. The number of hydrogen-bond donors (Lipinski definition) is 1. The van der Waals surface area contributed by atoms with Crippen molar-refractivity contribution in [3.8, 4) is 0 Å². The van der Waals surface area contributed by atoms with Gasteiger partial charge in [0.1, 0.15) is 0 Å². The average molecular weight is 273 g/mol. The van der Waals surface area contributed by atoms with Crippen LogP contribution in [0.15, 0.2) is 24.3 Å². The molecular weight excluding hydrogens is 242 g/mol. The Kier molecular flexibility index (Phi) is 4.90. The van der Waals surface area contributed by atoms with Crippen LogP contribution in [0.4, 0.5) is 0 Å². The zero-order valence-electron chi connectivity index (χ0n) is 13.9. The van der Waals surface area contributed by atoms with Crippen molar-refractivity contribution < 1.29 is 0 Å². The smallest absolute Gasteiger partial charge is 0.00104 e. The van der Waals surface area contributed by atoms with Crippen molar-refractivity contribution in [3.63, 3.8) is 0 Å². The fourth-order valence-electron chi connectivity index (χ4n) is 3.56. The Bertz CT molecular complexity index is 431. The lowest BCUT2D eigenvalue weighted by Crippen LogP contribution is -2.37. The quantitative estimate of drug-likeness (QED) is 0.822. The first-order valence-electron chi connectivity index (χ1n) is 8.17. The first-order valence-corrected chi connectivity index (χ1v) is 8.17. The maximum Gasteiger partial charge on any atom is 0.00104 e. The summed E-state index contributed by atoms with van der Waals surface area (Å²) in [5.41, 5.74) is 3.43. The van der Waals surface area contributed by atoms with E-state index in [1.54, 1.807) is 5.56 Å². The minimum Gasteiger partial charge on any atom is -0.314 e. The molecule has 0 aromatic heterocycles. The molecule has 0 aliphatic heterocycles. The highest BCUT2D eigenvalue weighted by Gasteiger charge is 2.35. The van der Waals surface area contributed by atoms with Gasteiger partial charge in [0.05, 0.1) is 0 Å². The second-order valence-electron chi connectivity index (χ2n) is 7.75. The molecule has 1 fully saturated rings. The van der Waals surface area contributed by atoms with Crippen molar-refractivity contribution in [1.29, 1.82) is 0 Å². The molecule has 1 heteroatoms. The number of benzene rings is 1. The molecule has 1 nitrogen and oxygen atoms in total. The Morgan fingerprint density at radius 3 is 2.70 bits per heavy atom. The molecule has 0 radical (unpaired) electrons. The van der Waals surface area contributed by atoms with Gasteiger partial charge in [-0.25, -0.2) is 0 Å². The standard InChI is InChI=1S/C19H31N/c1-14(2)20-13-17-9-10-19(4,5)12-18(17)16-8-6-7-15(3)11-16/h6-8,11,14,17-18,20H,9-10,12-13H2,1-5H3. The zero-order valence-corrected chi connectivity index (χ0v) is 13.9. The Hall–Kier alpha value is -0.820. The molecule has 1 saturated carbocycles. The lowest BCUT2D eigenvalue weighted by Gasteiger charge is -2.41. The molecule has 2 unspecified atom stereocenters. The van der Waals surface area contributed by atoms with E-state index in [0.29, 0.717) is 17.4 Å². The minimum absolute atomic E-state index is 0.489. The molecule has 0 amide bonds. The molecule has 1 aliphatic rings. The van der Waals surface area contributed by atoms with Crippen LogP contribution in [0, 0.1) is 18.3 Å². The lowest BCUT2D eigenvalue weighted by atomic mass is 9.65. The first kappa shape index (κ1) is 15.6. The van der Waals surface area contributed by atoms with E-state index < -0.39 is 0 Å². The molecule has 1 aliphatic carbocycles. The third-order valence-electron chi connectivity index (χ3n) is 4.79. The van der Waals surface area contributed by atoms with Crippen LogP contribution in [0.25, 0.3) is 0 Å². The van der Waals surface area contributed by atoms with Gasteiger partial charge in [0, 0.05) is 6.04 Å². The largest absolute Gasteiger partial charge is 0.314 e. The second kappa shape index (κ2) is 6.30. The minimum atomic E-state index is 0.489. The van der Waals surface area contributed by atoms with Crippen molar-refractivity contribution in [3.05, 3.63) is 35.4 Å². The summed E-state index contributed by atoms with van der Waals surface area (Å²) in [4.78, 5) is 0. The fourth-order valence-corrected chi connectivity index (χ4v) is 3.56. The topological polar surface area (TPSA) is 12.0 Å². The van der Waals surface area contributed by atoms with Crippen molar-refractivity contribution >= 4 is 0 Å². The van der Waals surface area contributed by atoms with Gasteiger partial charge in [-0.2, -0.15) is 0 Å². The van der Waals surface area contributed by atoms with Gasteiger partial charge in [-0.3, -0.25) is 0 Å². The highest BCUT2D eigenvalue weighted by atomic mass is 14.9. The van der Waals surface area contributed by atoms with Crippen LogP contribution in [0.1, 0.15) is 64.0 Å². The Morgan fingerprint density at radius 2 is 2.05 bits per heavy atom. The second-order valence-corrected chi connectivity index (χ2v) is 7.75.